The second-order valence-corrected chi connectivity index (χ2v) is 6.16. The van der Waals surface area contributed by atoms with Gasteiger partial charge in [0, 0.05) is 25.1 Å². The molecule has 5 nitrogen and oxygen atoms in total. The van der Waals surface area contributed by atoms with Gasteiger partial charge in [-0.05, 0) is 36.2 Å². The molecule has 0 saturated heterocycles. The summed E-state index contributed by atoms with van der Waals surface area (Å²) in [7, 11) is 0. The molecule has 0 aliphatic heterocycles. The Balaban J connectivity index is 2.07. The predicted octanol–water partition coefficient (Wildman–Crippen LogP) is 3.38. The molecule has 5 heteroatoms. The molecule has 0 heterocycles. The van der Waals surface area contributed by atoms with E-state index in [1.807, 2.05) is 30.3 Å². The zero-order valence-corrected chi connectivity index (χ0v) is 15.2. The maximum absolute atomic E-state index is 12.9. The first kappa shape index (κ1) is 19.5. The Morgan fingerprint density at radius 3 is 2.35 bits per heavy atom. The van der Waals surface area contributed by atoms with Gasteiger partial charge in [0.25, 0.3) is 5.91 Å². The Kier molecular flexibility index (Phi) is 7.68. The van der Waals surface area contributed by atoms with E-state index >= 15 is 0 Å². The lowest BCUT2D eigenvalue weighted by Gasteiger charge is -2.22. The Morgan fingerprint density at radius 2 is 1.73 bits per heavy atom. The minimum Gasteiger partial charge on any atom is -0.494 e. The van der Waals surface area contributed by atoms with Crippen LogP contribution in [0.15, 0.2) is 54.6 Å². The average molecular weight is 354 g/mol. The van der Waals surface area contributed by atoms with Crippen molar-refractivity contribution in [3.8, 4) is 5.75 Å². The number of amides is 2. The minimum atomic E-state index is -0.421. The third-order valence-electron chi connectivity index (χ3n) is 4.00. The van der Waals surface area contributed by atoms with E-state index in [-0.39, 0.29) is 18.9 Å². The molecule has 0 unspecified atom stereocenters. The molecule has 2 amide bonds. The molecular weight excluding hydrogens is 328 g/mol. The van der Waals surface area contributed by atoms with E-state index in [4.69, 9.17) is 10.5 Å². The predicted molar refractivity (Wildman–Crippen MR) is 102 cm³/mol. The lowest BCUT2D eigenvalue weighted by molar-refractivity contribution is -0.118. The molecular formula is C21H26N2O3. The van der Waals surface area contributed by atoms with E-state index in [0.717, 1.165) is 24.2 Å². The van der Waals surface area contributed by atoms with Crippen LogP contribution in [0.1, 0.15) is 42.1 Å². The zero-order chi connectivity index (χ0) is 18.8. The van der Waals surface area contributed by atoms with E-state index in [2.05, 4.69) is 6.92 Å². The molecule has 0 aliphatic carbocycles. The third-order valence-corrected chi connectivity index (χ3v) is 4.00. The van der Waals surface area contributed by atoms with Gasteiger partial charge in [-0.25, -0.2) is 0 Å². The molecule has 2 N–H and O–H groups in total. The molecule has 0 saturated carbocycles. The van der Waals surface area contributed by atoms with Crippen molar-refractivity contribution in [1.82, 2.24) is 4.90 Å². The summed E-state index contributed by atoms with van der Waals surface area (Å²) >= 11 is 0. The van der Waals surface area contributed by atoms with Crippen LogP contribution in [0.3, 0.4) is 0 Å². The standard InChI is InChI=1S/C21H26N2O3/c1-2-3-15-26-19-11-9-18(10-12-19)21(25)23(14-13-20(22)24)16-17-7-5-4-6-8-17/h4-12H,2-3,13-16H2,1H3,(H2,22,24). The highest BCUT2D eigenvalue weighted by Gasteiger charge is 2.17. The number of unbranched alkanes of at least 4 members (excludes halogenated alkanes) is 1. The molecule has 2 rings (SSSR count). The lowest BCUT2D eigenvalue weighted by atomic mass is 10.1. The molecule has 0 aromatic heterocycles. The number of nitrogens with zero attached hydrogens (tertiary/aromatic N) is 1. The monoisotopic (exact) mass is 354 g/mol. The number of benzene rings is 2. The highest BCUT2D eigenvalue weighted by atomic mass is 16.5. The van der Waals surface area contributed by atoms with Crippen molar-refractivity contribution in [1.29, 1.82) is 0 Å². The van der Waals surface area contributed by atoms with Gasteiger partial charge in [-0.2, -0.15) is 0 Å². The van der Waals surface area contributed by atoms with Gasteiger partial charge in [0.05, 0.1) is 6.61 Å². The van der Waals surface area contributed by atoms with Gasteiger partial charge >= 0.3 is 0 Å². The van der Waals surface area contributed by atoms with Crippen molar-refractivity contribution < 1.29 is 14.3 Å². The first-order valence-corrected chi connectivity index (χ1v) is 8.94. The molecule has 26 heavy (non-hydrogen) atoms. The topological polar surface area (TPSA) is 72.6 Å². The molecule has 2 aromatic rings. The third kappa shape index (κ3) is 6.24. The number of carbonyl (C=O) groups is 2. The van der Waals surface area contributed by atoms with E-state index in [9.17, 15) is 9.59 Å². The molecule has 0 radical (unpaired) electrons. The molecule has 2 aromatic carbocycles. The number of hydrogen-bond donors (Lipinski definition) is 1. The fourth-order valence-corrected chi connectivity index (χ4v) is 2.51. The zero-order valence-electron chi connectivity index (χ0n) is 15.2. The number of carbonyl (C=O) groups excluding carboxylic acids is 2. The van der Waals surface area contributed by atoms with E-state index in [1.165, 1.54) is 0 Å². The summed E-state index contributed by atoms with van der Waals surface area (Å²) in [6.45, 7) is 3.50. The first-order valence-electron chi connectivity index (χ1n) is 8.94. The van der Waals surface area contributed by atoms with Crippen LogP contribution in [0, 0.1) is 0 Å². The number of nitrogens with two attached hydrogens (primary N) is 1. The maximum Gasteiger partial charge on any atom is 0.254 e. The minimum absolute atomic E-state index is 0.129. The largest absolute Gasteiger partial charge is 0.494 e. The fourth-order valence-electron chi connectivity index (χ4n) is 2.51. The summed E-state index contributed by atoms with van der Waals surface area (Å²) in [5.74, 6) is 0.201. The second-order valence-electron chi connectivity index (χ2n) is 6.16. The molecule has 138 valence electrons. The van der Waals surface area contributed by atoms with Crippen LogP contribution in [-0.2, 0) is 11.3 Å². The highest BCUT2D eigenvalue weighted by molar-refractivity contribution is 5.94. The Hall–Kier alpha value is -2.82. The molecule has 0 bridgehead atoms. The summed E-state index contributed by atoms with van der Waals surface area (Å²) in [5.41, 5.74) is 6.82. The number of primary amides is 1. The summed E-state index contributed by atoms with van der Waals surface area (Å²) in [6.07, 6.45) is 2.21. The van der Waals surface area contributed by atoms with Gasteiger partial charge in [0.2, 0.25) is 5.91 Å². The van der Waals surface area contributed by atoms with Crippen LogP contribution in [-0.4, -0.2) is 29.9 Å². The molecule has 0 fully saturated rings. The Labute approximate surface area is 154 Å². The number of hydrogen-bond acceptors (Lipinski definition) is 3. The van der Waals surface area contributed by atoms with Crippen molar-refractivity contribution in [3.63, 3.8) is 0 Å². The number of rotatable bonds is 10. The van der Waals surface area contributed by atoms with Crippen molar-refractivity contribution in [2.75, 3.05) is 13.2 Å². The van der Waals surface area contributed by atoms with Gasteiger partial charge in [0.1, 0.15) is 5.75 Å². The van der Waals surface area contributed by atoms with E-state index in [0.29, 0.717) is 18.7 Å². The van der Waals surface area contributed by atoms with Crippen molar-refractivity contribution in [2.45, 2.75) is 32.7 Å². The van der Waals surface area contributed by atoms with Gasteiger partial charge in [-0.15, -0.1) is 0 Å². The van der Waals surface area contributed by atoms with Crippen molar-refractivity contribution in [3.05, 3.63) is 65.7 Å². The summed E-state index contributed by atoms with van der Waals surface area (Å²) in [6, 6.07) is 16.8. The van der Waals surface area contributed by atoms with Crippen LogP contribution in [0.25, 0.3) is 0 Å². The van der Waals surface area contributed by atoms with Crippen LogP contribution >= 0.6 is 0 Å². The second kappa shape index (κ2) is 10.2. The fraction of sp³-hybridized carbons (Fsp3) is 0.333. The average Bonchev–Trinajstić information content (AvgIpc) is 2.66. The van der Waals surface area contributed by atoms with Crippen LogP contribution in [0.5, 0.6) is 5.75 Å². The van der Waals surface area contributed by atoms with Gasteiger partial charge in [-0.3, -0.25) is 9.59 Å². The van der Waals surface area contributed by atoms with Crippen LogP contribution in [0.4, 0.5) is 0 Å². The van der Waals surface area contributed by atoms with Crippen molar-refractivity contribution >= 4 is 11.8 Å². The van der Waals surface area contributed by atoms with Crippen LogP contribution < -0.4 is 10.5 Å². The normalized spacial score (nSPS) is 10.3. The molecule has 0 atom stereocenters. The Bertz CT molecular complexity index is 699. The van der Waals surface area contributed by atoms with Crippen LogP contribution in [0.2, 0.25) is 0 Å². The summed E-state index contributed by atoms with van der Waals surface area (Å²) in [5, 5.41) is 0. The molecule has 0 aliphatic rings. The highest BCUT2D eigenvalue weighted by Crippen LogP contribution is 2.16. The Morgan fingerprint density at radius 1 is 1.04 bits per heavy atom. The van der Waals surface area contributed by atoms with E-state index in [1.54, 1.807) is 29.2 Å². The van der Waals surface area contributed by atoms with E-state index < -0.39 is 5.91 Å². The van der Waals surface area contributed by atoms with Gasteiger partial charge in [-0.1, -0.05) is 43.7 Å². The molecule has 0 spiro atoms. The quantitative estimate of drug-likeness (QED) is 0.665. The number of ether oxygens (including phenoxy) is 1. The smallest absolute Gasteiger partial charge is 0.254 e. The first-order chi connectivity index (χ1) is 12.6. The maximum atomic E-state index is 12.9. The summed E-state index contributed by atoms with van der Waals surface area (Å²) in [4.78, 5) is 25.7. The van der Waals surface area contributed by atoms with Gasteiger partial charge in [0.15, 0.2) is 0 Å². The lowest BCUT2D eigenvalue weighted by Crippen LogP contribution is -2.33. The van der Waals surface area contributed by atoms with Crippen molar-refractivity contribution in [2.24, 2.45) is 5.73 Å². The van der Waals surface area contributed by atoms with Gasteiger partial charge < -0.3 is 15.4 Å². The SMILES string of the molecule is CCCCOc1ccc(C(=O)N(CCC(N)=O)Cc2ccccc2)cc1. The summed E-state index contributed by atoms with van der Waals surface area (Å²) < 4.78 is 5.63.